The fourth-order valence-corrected chi connectivity index (χ4v) is 2.02. The van der Waals surface area contributed by atoms with Crippen molar-refractivity contribution in [2.24, 2.45) is 0 Å². The van der Waals surface area contributed by atoms with E-state index in [0.29, 0.717) is 12.1 Å². The average Bonchev–Trinajstić information content (AvgIpc) is 2.87. The first-order chi connectivity index (χ1) is 7.34. The van der Waals surface area contributed by atoms with Crippen LogP contribution in [0.15, 0.2) is 0 Å². The molecular formula is C11H21N3O. The van der Waals surface area contributed by atoms with Crippen LogP contribution < -0.4 is 16.0 Å². The van der Waals surface area contributed by atoms with E-state index < -0.39 is 0 Å². The second kappa shape index (κ2) is 5.35. The van der Waals surface area contributed by atoms with E-state index in [2.05, 4.69) is 16.0 Å². The van der Waals surface area contributed by atoms with Crippen molar-refractivity contribution in [3.8, 4) is 0 Å². The van der Waals surface area contributed by atoms with Gasteiger partial charge in [-0.1, -0.05) is 0 Å². The second-order valence-corrected chi connectivity index (χ2v) is 4.61. The Morgan fingerprint density at radius 3 is 2.87 bits per heavy atom. The molecule has 1 saturated heterocycles. The standard InChI is InChI=1S/C11H21N3O/c15-11(14-10-5-6-10)13-8-2-4-9-3-1-7-12-9/h9-10,12H,1-8H2,(H2,13,14,15). The normalized spacial score (nSPS) is 25.2. The lowest BCUT2D eigenvalue weighted by atomic mass is 10.1. The first-order valence-electron chi connectivity index (χ1n) is 6.12. The average molecular weight is 211 g/mol. The maximum absolute atomic E-state index is 11.3. The third-order valence-electron chi connectivity index (χ3n) is 3.09. The highest BCUT2D eigenvalue weighted by molar-refractivity contribution is 5.74. The maximum atomic E-state index is 11.3. The first-order valence-corrected chi connectivity index (χ1v) is 6.12. The van der Waals surface area contributed by atoms with E-state index in [1.54, 1.807) is 0 Å². The Hall–Kier alpha value is -0.770. The van der Waals surface area contributed by atoms with Crippen LogP contribution in [0, 0.1) is 0 Å². The summed E-state index contributed by atoms with van der Waals surface area (Å²) in [6.07, 6.45) is 7.17. The molecule has 0 radical (unpaired) electrons. The van der Waals surface area contributed by atoms with Crippen molar-refractivity contribution in [2.45, 2.75) is 50.6 Å². The third kappa shape index (κ3) is 4.08. The minimum Gasteiger partial charge on any atom is -0.338 e. The van der Waals surface area contributed by atoms with Crippen molar-refractivity contribution in [1.29, 1.82) is 0 Å². The van der Waals surface area contributed by atoms with Gasteiger partial charge in [0.15, 0.2) is 0 Å². The second-order valence-electron chi connectivity index (χ2n) is 4.61. The molecule has 0 aromatic rings. The molecule has 0 aromatic heterocycles. The van der Waals surface area contributed by atoms with Gasteiger partial charge in [-0.3, -0.25) is 0 Å². The van der Waals surface area contributed by atoms with Gasteiger partial charge in [0.25, 0.3) is 0 Å². The zero-order valence-corrected chi connectivity index (χ0v) is 9.22. The van der Waals surface area contributed by atoms with Crippen LogP contribution in [0.1, 0.15) is 38.5 Å². The molecule has 86 valence electrons. The molecule has 1 atom stereocenters. The highest BCUT2D eigenvalue weighted by atomic mass is 16.2. The number of amides is 2. The van der Waals surface area contributed by atoms with Gasteiger partial charge < -0.3 is 16.0 Å². The molecule has 4 heteroatoms. The fourth-order valence-electron chi connectivity index (χ4n) is 2.02. The topological polar surface area (TPSA) is 53.2 Å². The van der Waals surface area contributed by atoms with Crippen LogP contribution in [0.3, 0.4) is 0 Å². The number of nitrogens with one attached hydrogen (secondary N) is 3. The highest BCUT2D eigenvalue weighted by Gasteiger charge is 2.22. The van der Waals surface area contributed by atoms with Crippen molar-refractivity contribution >= 4 is 6.03 Å². The van der Waals surface area contributed by atoms with Crippen LogP contribution in [0.4, 0.5) is 4.79 Å². The predicted molar refractivity (Wildman–Crippen MR) is 59.8 cm³/mol. The quantitative estimate of drug-likeness (QED) is 0.594. The van der Waals surface area contributed by atoms with Crippen LogP contribution in [-0.2, 0) is 0 Å². The summed E-state index contributed by atoms with van der Waals surface area (Å²) in [5.41, 5.74) is 0. The van der Waals surface area contributed by atoms with Crippen LogP contribution in [0.25, 0.3) is 0 Å². The molecule has 3 N–H and O–H groups in total. The van der Waals surface area contributed by atoms with E-state index in [4.69, 9.17) is 0 Å². The summed E-state index contributed by atoms with van der Waals surface area (Å²) < 4.78 is 0. The van der Waals surface area contributed by atoms with E-state index in [-0.39, 0.29) is 6.03 Å². The van der Waals surface area contributed by atoms with Gasteiger partial charge in [-0.05, 0) is 45.1 Å². The molecule has 1 aliphatic carbocycles. The lowest BCUT2D eigenvalue weighted by molar-refractivity contribution is 0.240. The van der Waals surface area contributed by atoms with Crippen molar-refractivity contribution in [3.05, 3.63) is 0 Å². The summed E-state index contributed by atoms with van der Waals surface area (Å²) in [5.74, 6) is 0. The number of carbonyl (C=O) groups excluding carboxylic acids is 1. The fraction of sp³-hybridized carbons (Fsp3) is 0.909. The smallest absolute Gasteiger partial charge is 0.315 e. The summed E-state index contributed by atoms with van der Waals surface area (Å²) in [6.45, 7) is 1.97. The Balaban J connectivity index is 1.44. The molecule has 1 aliphatic heterocycles. The van der Waals surface area contributed by atoms with Crippen molar-refractivity contribution in [1.82, 2.24) is 16.0 Å². The molecule has 4 nitrogen and oxygen atoms in total. The molecule has 2 aliphatic rings. The first kappa shape index (κ1) is 10.7. The van der Waals surface area contributed by atoms with Gasteiger partial charge in [0.05, 0.1) is 0 Å². The largest absolute Gasteiger partial charge is 0.338 e. The molecule has 2 rings (SSSR count). The Kier molecular flexibility index (Phi) is 3.83. The maximum Gasteiger partial charge on any atom is 0.315 e. The van der Waals surface area contributed by atoms with Gasteiger partial charge in [-0.25, -0.2) is 4.79 Å². The zero-order chi connectivity index (χ0) is 10.5. The Morgan fingerprint density at radius 2 is 2.20 bits per heavy atom. The molecule has 0 bridgehead atoms. The summed E-state index contributed by atoms with van der Waals surface area (Å²) >= 11 is 0. The summed E-state index contributed by atoms with van der Waals surface area (Å²) in [5, 5.41) is 9.28. The number of urea groups is 1. The molecular weight excluding hydrogens is 190 g/mol. The Morgan fingerprint density at radius 1 is 1.33 bits per heavy atom. The van der Waals surface area contributed by atoms with Gasteiger partial charge in [-0.2, -0.15) is 0 Å². The van der Waals surface area contributed by atoms with Crippen LogP contribution in [0.5, 0.6) is 0 Å². The predicted octanol–water partition coefficient (Wildman–Crippen LogP) is 0.980. The summed E-state index contributed by atoms with van der Waals surface area (Å²) in [6, 6.07) is 1.16. The van der Waals surface area contributed by atoms with Crippen LogP contribution in [-0.4, -0.2) is 31.2 Å². The lowest BCUT2D eigenvalue weighted by Crippen LogP contribution is -2.37. The Labute approximate surface area is 91.2 Å². The van der Waals surface area contributed by atoms with E-state index in [1.165, 1.54) is 25.8 Å². The lowest BCUT2D eigenvalue weighted by Gasteiger charge is -2.10. The summed E-state index contributed by atoms with van der Waals surface area (Å²) in [4.78, 5) is 11.3. The third-order valence-corrected chi connectivity index (χ3v) is 3.09. The van der Waals surface area contributed by atoms with Crippen molar-refractivity contribution < 1.29 is 4.79 Å². The van der Waals surface area contributed by atoms with E-state index in [9.17, 15) is 4.79 Å². The molecule has 1 heterocycles. The van der Waals surface area contributed by atoms with Gasteiger partial charge in [0, 0.05) is 18.6 Å². The number of hydrogen-bond acceptors (Lipinski definition) is 2. The number of hydrogen-bond donors (Lipinski definition) is 3. The number of rotatable bonds is 5. The summed E-state index contributed by atoms with van der Waals surface area (Å²) in [7, 11) is 0. The minimum atomic E-state index is 0.0110. The van der Waals surface area contributed by atoms with Crippen molar-refractivity contribution in [2.75, 3.05) is 13.1 Å². The monoisotopic (exact) mass is 211 g/mol. The van der Waals surface area contributed by atoms with Gasteiger partial charge in [0.1, 0.15) is 0 Å². The van der Waals surface area contributed by atoms with Gasteiger partial charge in [-0.15, -0.1) is 0 Å². The molecule has 0 spiro atoms. The van der Waals surface area contributed by atoms with E-state index in [0.717, 1.165) is 25.8 Å². The minimum absolute atomic E-state index is 0.0110. The molecule has 2 fully saturated rings. The molecule has 2 amide bonds. The number of carbonyl (C=O) groups is 1. The molecule has 15 heavy (non-hydrogen) atoms. The van der Waals surface area contributed by atoms with Gasteiger partial charge >= 0.3 is 6.03 Å². The van der Waals surface area contributed by atoms with Crippen LogP contribution >= 0.6 is 0 Å². The molecule has 1 unspecified atom stereocenters. The molecule has 0 aromatic carbocycles. The van der Waals surface area contributed by atoms with E-state index >= 15 is 0 Å². The van der Waals surface area contributed by atoms with E-state index in [1.807, 2.05) is 0 Å². The van der Waals surface area contributed by atoms with Crippen LogP contribution in [0.2, 0.25) is 0 Å². The molecule has 1 saturated carbocycles. The Bertz CT molecular complexity index is 210. The van der Waals surface area contributed by atoms with Gasteiger partial charge in [0.2, 0.25) is 0 Å². The van der Waals surface area contributed by atoms with Crippen molar-refractivity contribution in [3.63, 3.8) is 0 Å². The SMILES string of the molecule is O=C(NCCCC1CCCN1)NC1CC1. The zero-order valence-electron chi connectivity index (χ0n) is 9.22. The highest BCUT2D eigenvalue weighted by Crippen LogP contribution is 2.18.